The van der Waals surface area contributed by atoms with Crippen LogP contribution in [0.15, 0.2) is 90.3 Å². The molecule has 1 atom stereocenters. The third-order valence-electron chi connectivity index (χ3n) is 6.95. The van der Waals surface area contributed by atoms with E-state index in [1.54, 1.807) is 24.3 Å². The van der Waals surface area contributed by atoms with E-state index in [2.05, 4.69) is 10.3 Å². The Hall–Kier alpha value is -5.49. The summed E-state index contributed by atoms with van der Waals surface area (Å²) in [6.45, 7) is 3.90. The van der Waals surface area contributed by atoms with Crippen molar-refractivity contribution in [2.75, 3.05) is 31.0 Å². The van der Waals surface area contributed by atoms with Gasteiger partial charge in [-0.3, -0.25) is 19.5 Å². The maximum absolute atomic E-state index is 15.3. The Bertz CT molecular complexity index is 1820. The van der Waals surface area contributed by atoms with Crippen molar-refractivity contribution in [3.63, 3.8) is 0 Å². The number of anilines is 2. The van der Waals surface area contributed by atoms with Gasteiger partial charge in [-0.25, -0.2) is 8.78 Å². The van der Waals surface area contributed by atoms with Crippen LogP contribution in [0.25, 0.3) is 10.9 Å². The summed E-state index contributed by atoms with van der Waals surface area (Å²) in [5.41, 5.74) is 1.41. The highest BCUT2D eigenvalue weighted by Crippen LogP contribution is 2.37. The lowest BCUT2D eigenvalue weighted by Crippen LogP contribution is -2.55. The van der Waals surface area contributed by atoms with E-state index in [1.807, 2.05) is 13.8 Å². The molecule has 2 heterocycles. The average Bonchev–Trinajstić information content (AvgIpc) is 3.02. The normalized spacial score (nSPS) is 14.6. The molecular formula is C33H30F2N4O6. The molecule has 4 aromatic rings. The van der Waals surface area contributed by atoms with E-state index in [1.165, 1.54) is 55.8 Å². The highest BCUT2D eigenvalue weighted by Gasteiger charge is 2.37. The van der Waals surface area contributed by atoms with Gasteiger partial charge >= 0.3 is 0 Å². The van der Waals surface area contributed by atoms with Crippen molar-refractivity contribution < 1.29 is 37.7 Å². The summed E-state index contributed by atoms with van der Waals surface area (Å²) >= 11 is 0. The predicted molar refractivity (Wildman–Crippen MR) is 164 cm³/mol. The first-order valence-corrected chi connectivity index (χ1v) is 13.8. The molecule has 0 radical (unpaired) electrons. The van der Waals surface area contributed by atoms with Crippen molar-refractivity contribution in [1.29, 1.82) is 0 Å². The number of nitrogens with one attached hydrogen (secondary N) is 1. The summed E-state index contributed by atoms with van der Waals surface area (Å²) in [4.78, 5) is 33.5. The van der Waals surface area contributed by atoms with Crippen LogP contribution in [0, 0.1) is 11.6 Å². The van der Waals surface area contributed by atoms with Crippen LogP contribution >= 0.6 is 0 Å². The molecule has 232 valence electrons. The molecule has 10 nitrogen and oxygen atoms in total. The van der Waals surface area contributed by atoms with E-state index in [9.17, 15) is 19.1 Å². The smallest absolute Gasteiger partial charge is 0.268 e. The first-order valence-electron chi connectivity index (χ1n) is 13.8. The van der Waals surface area contributed by atoms with Gasteiger partial charge in [0.25, 0.3) is 11.8 Å². The van der Waals surface area contributed by atoms with Gasteiger partial charge < -0.3 is 29.5 Å². The fraction of sp³-hybridized carbons (Fsp3) is 0.182. The molecule has 1 unspecified atom stereocenters. The van der Waals surface area contributed by atoms with Gasteiger partial charge in [0.2, 0.25) is 6.35 Å². The van der Waals surface area contributed by atoms with Crippen molar-refractivity contribution in [3.8, 4) is 23.0 Å². The Labute approximate surface area is 257 Å². The molecule has 0 saturated carbocycles. The lowest BCUT2D eigenvalue weighted by molar-refractivity contribution is -0.124. The van der Waals surface area contributed by atoms with Crippen molar-refractivity contribution in [3.05, 3.63) is 102 Å². The number of hydrogen-bond donors (Lipinski definition) is 2. The number of methoxy groups -OCH3 is 2. The van der Waals surface area contributed by atoms with Gasteiger partial charge in [-0.2, -0.15) is 0 Å². The van der Waals surface area contributed by atoms with E-state index < -0.39 is 29.8 Å². The molecule has 0 spiro atoms. The van der Waals surface area contributed by atoms with E-state index >= 15 is 4.39 Å². The van der Waals surface area contributed by atoms with E-state index in [4.69, 9.17) is 14.2 Å². The third-order valence-corrected chi connectivity index (χ3v) is 6.95. The maximum Gasteiger partial charge on any atom is 0.268 e. The van der Waals surface area contributed by atoms with Crippen molar-refractivity contribution in [2.45, 2.75) is 20.2 Å². The number of aromatic nitrogens is 1. The molecule has 2 amide bonds. The Morgan fingerprint density at radius 3 is 2.36 bits per heavy atom. The van der Waals surface area contributed by atoms with Crippen LogP contribution in [0.4, 0.5) is 20.2 Å². The number of nitrogens with zero attached hydrogens (tertiary/aromatic N) is 3. The first-order chi connectivity index (χ1) is 21.6. The van der Waals surface area contributed by atoms with Crippen LogP contribution in [0.5, 0.6) is 23.0 Å². The number of rotatable bonds is 9. The number of amides is 2. The standard InChI is InChI=1S/C33H30F2N4O6/c1-19(2)12-14-38-18-24(32(41)39(33(38)42)22-8-5-20(34)6-9-22)31(40)37-21-7-10-28(25(35)15-21)45-27-11-13-36-26-17-30(44-4)29(43-3)16-23(26)27/h5-13,15-18,33,42H,14H2,1-4H3,(H,37,40). The van der Waals surface area contributed by atoms with Gasteiger partial charge in [-0.1, -0.05) is 11.6 Å². The minimum Gasteiger partial charge on any atom is -0.493 e. The summed E-state index contributed by atoms with van der Waals surface area (Å²) in [5.74, 6) is -1.87. The molecule has 0 aliphatic carbocycles. The van der Waals surface area contributed by atoms with Crippen LogP contribution in [-0.4, -0.2) is 53.9 Å². The minimum absolute atomic E-state index is 0.0554. The molecule has 1 aliphatic heterocycles. The molecule has 0 saturated heterocycles. The van der Waals surface area contributed by atoms with Crippen LogP contribution in [0.3, 0.4) is 0 Å². The van der Waals surface area contributed by atoms with E-state index in [0.717, 1.165) is 28.7 Å². The number of hydrogen-bond acceptors (Lipinski definition) is 8. The molecule has 1 aliphatic rings. The van der Waals surface area contributed by atoms with Gasteiger partial charge in [0.1, 0.15) is 17.1 Å². The maximum atomic E-state index is 15.3. The number of aliphatic hydroxyl groups excluding tert-OH is 1. The number of halogens is 2. The predicted octanol–water partition coefficient (Wildman–Crippen LogP) is 5.74. The molecule has 3 aromatic carbocycles. The van der Waals surface area contributed by atoms with Crippen molar-refractivity contribution in [1.82, 2.24) is 9.88 Å². The highest BCUT2D eigenvalue weighted by molar-refractivity contribution is 6.27. The molecule has 2 N–H and O–H groups in total. The van der Waals surface area contributed by atoms with Gasteiger partial charge in [-0.15, -0.1) is 0 Å². The molecule has 12 heteroatoms. The Balaban J connectivity index is 1.40. The molecule has 45 heavy (non-hydrogen) atoms. The van der Waals surface area contributed by atoms with E-state index in [-0.39, 0.29) is 29.2 Å². The second-order valence-electron chi connectivity index (χ2n) is 10.3. The lowest BCUT2D eigenvalue weighted by Gasteiger charge is -2.39. The fourth-order valence-corrected chi connectivity index (χ4v) is 4.63. The fourth-order valence-electron chi connectivity index (χ4n) is 4.63. The zero-order valence-electron chi connectivity index (χ0n) is 24.9. The van der Waals surface area contributed by atoms with Gasteiger partial charge in [0.05, 0.1) is 19.7 Å². The monoisotopic (exact) mass is 616 g/mol. The van der Waals surface area contributed by atoms with Crippen LogP contribution in [-0.2, 0) is 9.59 Å². The van der Waals surface area contributed by atoms with Crippen molar-refractivity contribution >= 4 is 34.1 Å². The summed E-state index contributed by atoms with van der Waals surface area (Å²) in [6.07, 6.45) is 3.10. The zero-order valence-corrected chi connectivity index (χ0v) is 24.9. The zero-order chi connectivity index (χ0) is 32.2. The Morgan fingerprint density at radius 1 is 0.978 bits per heavy atom. The topological polar surface area (TPSA) is 113 Å². The number of pyridine rings is 1. The van der Waals surface area contributed by atoms with Crippen LogP contribution in [0.1, 0.15) is 13.8 Å². The first kappa shape index (κ1) is 31.0. The molecular weight excluding hydrogens is 586 g/mol. The molecule has 0 bridgehead atoms. The number of carbonyl (C=O) groups is 2. The number of fused-ring (bicyclic) bond motifs is 1. The average molecular weight is 617 g/mol. The summed E-state index contributed by atoms with van der Waals surface area (Å²) in [7, 11) is 3.00. The molecule has 0 fully saturated rings. The summed E-state index contributed by atoms with van der Waals surface area (Å²) in [6, 6.07) is 13.7. The van der Waals surface area contributed by atoms with Crippen molar-refractivity contribution in [2.24, 2.45) is 0 Å². The third kappa shape index (κ3) is 6.55. The van der Waals surface area contributed by atoms with Crippen LogP contribution < -0.4 is 24.4 Å². The number of benzene rings is 3. The number of aliphatic hydroxyl groups is 1. The highest BCUT2D eigenvalue weighted by atomic mass is 19.1. The Kier molecular flexibility index (Phi) is 8.96. The number of ether oxygens (including phenoxy) is 3. The SMILES string of the molecule is COc1cc2nccc(Oc3ccc(NC(=O)C4=CN(CC=C(C)C)C(O)N(c5ccc(F)cc5)C4=O)cc3F)c2cc1OC. The lowest BCUT2D eigenvalue weighted by atomic mass is 10.1. The molecule has 5 rings (SSSR count). The summed E-state index contributed by atoms with van der Waals surface area (Å²) in [5, 5.41) is 14.1. The second-order valence-corrected chi connectivity index (χ2v) is 10.3. The van der Waals surface area contributed by atoms with Gasteiger partial charge in [0.15, 0.2) is 23.1 Å². The second kappa shape index (κ2) is 13.0. The largest absolute Gasteiger partial charge is 0.493 e. The number of allylic oxidation sites excluding steroid dienone is 1. The van der Waals surface area contributed by atoms with Gasteiger partial charge in [-0.05, 0) is 62.4 Å². The Morgan fingerprint density at radius 2 is 1.69 bits per heavy atom. The summed E-state index contributed by atoms with van der Waals surface area (Å²) < 4.78 is 45.4. The quantitative estimate of drug-likeness (QED) is 0.181. The van der Waals surface area contributed by atoms with Crippen LogP contribution in [0.2, 0.25) is 0 Å². The minimum atomic E-state index is -1.46. The number of carbonyl (C=O) groups excluding carboxylic acids is 2. The molecule has 1 aromatic heterocycles. The van der Waals surface area contributed by atoms with E-state index in [0.29, 0.717) is 28.2 Å². The van der Waals surface area contributed by atoms with Gasteiger partial charge in [0, 0.05) is 47.8 Å².